The number of aromatic nitrogens is 2. The van der Waals surface area contributed by atoms with Gasteiger partial charge in [0.05, 0.1) is 10.7 Å². The third-order valence-corrected chi connectivity index (χ3v) is 3.98. The molecule has 6 heteroatoms. The predicted octanol–water partition coefficient (Wildman–Crippen LogP) is 4.74. The second kappa shape index (κ2) is 7.32. The van der Waals surface area contributed by atoms with Gasteiger partial charge in [-0.25, -0.2) is 9.97 Å². The summed E-state index contributed by atoms with van der Waals surface area (Å²) in [4.78, 5) is 20.9. The number of amides is 1. The van der Waals surface area contributed by atoms with Crippen LogP contribution >= 0.6 is 11.6 Å². The highest BCUT2D eigenvalue weighted by Gasteiger charge is 2.11. The van der Waals surface area contributed by atoms with Crippen molar-refractivity contribution in [1.82, 2.24) is 9.97 Å². The van der Waals surface area contributed by atoms with Crippen LogP contribution < -0.4 is 10.6 Å². The summed E-state index contributed by atoms with van der Waals surface area (Å²) in [6, 6.07) is 14.7. The second-order valence-electron chi connectivity index (χ2n) is 5.64. The van der Waals surface area contributed by atoms with Crippen LogP contribution in [-0.4, -0.2) is 15.9 Å². The van der Waals surface area contributed by atoms with E-state index < -0.39 is 0 Å². The molecule has 0 saturated carbocycles. The van der Waals surface area contributed by atoms with Crippen LogP contribution in [-0.2, 0) is 0 Å². The SMILES string of the molecule is Cc1ccc(C)c(Nc2nccc(C(=O)Nc3ccccc3Cl)n2)c1. The summed E-state index contributed by atoms with van der Waals surface area (Å²) in [5.41, 5.74) is 3.89. The second-order valence-corrected chi connectivity index (χ2v) is 6.05. The fourth-order valence-corrected chi connectivity index (χ4v) is 2.47. The van der Waals surface area contributed by atoms with Gasteiger partial charge >= 0.3 is 0 Å². The first-order valence-corrected chi connectivity index (χ1v) is 8.14. The van der Waals surface area contributed by atoms with Crippen LogP contribution in [0.5, 0.6) is 0 Å². The van der Waals surface area contributed by atoms with E-state index in [2.05, 4.69) is 20.6 Å². The lowest BCUT2D eigenvalue weighted by Gasteiger charge is -2.10. The molecule has 2 N–H and O–H groups in total. The summed E-state index contributed by atoms with van der Waals surface area (Å²) < 4.78 is 0. The molecule has 1 amide bonds. The number of nitrogens with one attached hydrogen (secondary N) is 2. The van der Waals surface area contributed by atoms with Gasteiger partial charge in [-0.3, -0.25) is 4.79 Å². The number of halogens is 1. The molecule has 25 heavy (non-hydrogen) atoms. The van der Waals surface area contributed by atoms with Crippen molar-refractivity contribution >= 4 is 34.8 Å². The highest BCUT2D eigenvalue weighted by molar-refractivity contribution is 6.33. The smallest absolute Gasteiger partial charge is 0.274 e. The molecule has 2 aromatic carbocycles. The zero-order chi connectivity index (χ0) is 17.8. The molecule has 0 radical (unpaired) electrons. The highest BCUT2D eigenvalue weighted by atomic mass is 35.5. The van der Waals surface area contributed by atoms with E-state index in [-0.39, 0.29) is 11.6 Å². The third-order valence-electron chi connectivity index (χ3n) is 3.65. The first-order chi connectivity index (χ1) is 12.0. The van der Waals surface area contributed by atoms with Crippen LogP contribution in [0.4, 0.5) is 17.3 Å². The molecule has 0 aliphatic rings. The van der Waals surface area contributed by atoms with E-state index in [1.165, 1.54) is 0 Å². The molecular weight excluding hydrogens is 336 g/mol. The van der Waals surface area contributed by atoms with E-state index in [1.807, 2.05) is 32.0 Å². The summed E-state index contributed by atoms with van der Waals surface area (Å²) in [6.07, 6.45) is 1.54. The lowest BCUT2D eigenvalue weighted by molar-refractivity contribution is 0.102. The van der Waals surface area contributed by atoms with Crippen LogP contribution in [0.1, 0.15) is 21.6 Å². The monoisotopic (exact) mass is 352 g/mol. The Labute approximate surface area is 151 Å². The van der Waals surface area contributed by atoms with Crippen molar-refractivity contribution in [2.45, 2.75) is 13.8 Å². The van der Waals surface area contributed by atoms with Gasteiger partial charge in [0.1, 0.15) is 5.69 Å². The molecule has 1 aromatic heterocycles. The molecule has 0 aliphatic heterocycles. The summed E-state index contributed by atoms with van der Waals surface area (Å²) in [5.74, 6) is 0.0139. The summed E-state index contributed by atoms with van der Waals surface area (Å²) >= 11 is 6.07. The average molecular weight is 353 g/mol. The van der Waals surface area contributed by atoms with E-state index in [0.717, 1.165) is 16.8 Å². The summed E-state index contributed by atoms with van der Waals surface area (Å²) in [6.45, 7) is 4.01. The largest absolute Gasteiger partial charge is 0.324 e. The molecule has 1 heterocycles. The van der Waals surface area contributed by atoms with Crippen molar-refractivity contribution in [2.75, 3.05) is 10.6 Å². The molecule has 3 aromatic rings. The number of hydrogen-bond donors (Lipinski definition) is 2. The van der Waals surface area contributed by atoms with Gasteiger partial charge in [0.25, 0.3) is 5.91 Å². The van der Waals surface area contributed by atoms with Crippen LogP contribution in [0.25, 0.3) is 0 Å². The maximum atomic E-state index is 12.4. The van der Waals surface area contributed by atoms with Gasteiger partial charge in [-0.15, -0.1) is 0 Å². The van der Waals surface area contributed by atoms with Crippen molar-refractivity contribution in [3.8, 4) is 0 Å². The van der Waals surface area contributed by atoms with Crippen LogP contribution in [0, 0.1) is 13.8 Å². The predicted molar refractivity (Wildman–Crippen MR) is 101 cm³/mol. The number of rotatable bonds is 4. The topological polar surface area (TPSA) is 66.9 Å². The molecule has 0 saturated heterocycles. The molecule has 0 unspecified atom stereocenters. The van der Waals surface area contributed by atoms with Gasteiger partial charge in [0, 0.05) is 11.9 Å². The zero-order valence-corrected chi connectivity index (χ0v) is 14.6. The molecule has 0 aliphatic carbocycles. The van der Waals surface area contributed by atoms with E-state index in [0.29, 0.717) is 16.7 Å². The number of carbonyl (C=O) groups is 1. The van der Waals surface area contributed by atoms with E-state index in [4.69, 9.17) is 11.6 Å². The number of nitrogens with zero attached hydrogens (tertiary/aromatic N) is 2. The van der Waals surface area contributed by atoms with Crippen molar-refractivity contribution in [3.05, 3.63) is 76.6 Å². The zero-order valence-electron chi connectivity index (χ0n) is 13.9. The fraction of sp³-hybridized carbons (Fsp3) is 0.105. The Morgan fingerprint density at radius 3 is 2.64 bits per heavy atom. The number of carbonyl (C=O) groups excluding carboxylic acids is 1. The Kier molecular flexibility index (Phi) is 4.95. The van der Waals surface area contributed by atoms with Gasteiger partial charge in [-0.2, -0.15) is 0 Å². The van der Waals surface area contributed by atoms with E-state index in [1.54, 1.807) is 36.5 Å². The minimum atomic E-state index is -0.348. The molecule has 0 spiro atoms. The normalized spacial score (nSPS) is 10.4. The number of benzene rings is 2. The van der Waals surface area contributed by atoms with Gasteiger partial charge in [0.2, 0.25) is 5.95 Å². The van der Waals surface area contributed by atoms with Gasteiger partial charge in [-0.05, 0) is 49.2 Å². The fourth-order valence-electron chi connectivity index (χ4n) is 2.29. The van der Waals surface area contributed by atoms with Crippen molar-refractivity contribution in [2.24, 2.45) is 0 Å². The standard InChI is InChI=1S/C19H17ClN4O/c1-12-7-8-13(2)17(11-12)24-19-21-10-9-16(23-19)18(25)22-15-6-4-3-5-14(15)20/h3-11H,1-2H3,(H,22,25)(H,21,23,24). The minimum absolute atomic E-state index is 0.253. The Morgan fingerprint density at radius 2 is 1.84 bits per heavy atom. The van der Waals surface area contributed by atoms with Gasteiger partial charge in [-0.1, -0.05) is 35.9 Å². The highest BCUT2D eigenvalue weighted by Crippen LogP contribution is 2.22. The summed E-state index contributed by atoms with van der Waals surface area (Å²) in [7, 11) is 0. The van der Waals surface area contributed by atoms with Crippen molar-refractivity contribution < 1.29 is 4.79 Å². The quantitative estimate of drug-likeness (QED) is 0.711. The van der Waals surface area contributed by atoms with Crippen LogP contribution in [0.3, 0.4) is 0 Å². The molecule has 3 rings (SSSR count). The molecule has 0 bridgehead atoms. The third kappa shape index (κ3) is 4.14. The van der Waals surface area contributed by atoms with Gasteiger partial charge < -0.3 is 10.6 Å². The van der Waals surface area contributed by atoms with E-state index >= 15 is 0 Å². The van der Waals surface area contributed by atoms with Crippen molar-refractivity contribution in [3.63, 3.8) is 0 Å². The van der Waals surface area contributed by atoms with Gasteiger partial charge in [0.15, 0.2) is 0 Å². The first-order valence-electron chi connectivity index (χ1n) is 7.76. The molecule has 5 nitrogen and oxygen atoms in total. The number of hydrogen-bond acceptors (Lipinski definition) is 4. The van der Waals surface area contributed by atoms with Crippen LogP contribution in [0.2, 0.25) is 5.02 Å². The number of para-hydroxylation sites is 1. The Balaban J connectivity index is 1.80. The Morgan fingerprint density at radius 1 is 1.04 bits per heavy atom. The lowest BCUT2D eigenvalue weighted by atomic mass is 10.1. The molecule has 0 atom stereocenters. The Hall–Kier alpha value is -2.92. The van der Waals surface area contributed by atoms with Crippen molar-refractivity contribution in [1.29, 1.82) is 0 Å². The molecular formula is C19H17ClN4O. The number of aryl methyl sites for hydroxylation is 2. The maximum Gasteiger partial charge on any atom is 0.274 e. The molecule has 126 valence electrons. The Bertz CT molecular complexity index is 927. The van der Waals surface area contributed by atoms with E-state index in [9.17, 15) is 4.79 Å². The number of anilines is 3. The van der Waals surface area contributed by atoms with Crippen LogP contribution in [0.15, 0.2) is 54.7 Å². The lowest BCUT2D eigenvalue weighted by Crippen LogP contribution is -2.15. The average Bonchev–Trinajstić information content (AvgIpc) is 2.60. The minimum Gasteiger partial charge on any atom is -0.324 e. The summed E-state index contributed by atoms with van der Waals surface area (Å²) in [5, 5.41) is 6.38. The molecule has 0 fully saturated rings. The maximum absolute atomic E-state index is 12.4. The first kappa shape index (κ1) is 16.9.